The van der Waals surface area contributed by atoms with Crippen molar-refractivity contribution < 1.29 is 22.7 Å². The van der Waals surface area contributed by atoms with E-state index in [1.54, 1.807) is 0 Å². The summed E-state index contributed by atoms with van der Waals surface area (Å²) in [5.74, 6) is -0.425. The second-order valence-corrected chi connectivity index (χ2v) is 4.58. The minimum atomic E-state index is -4.38. The summed E-state index contributed by atoms with van der Waals surface area (Å²) in [5.41, 5.74) is 5.43. The largest absolute Gasteiger partial charge is 0.411 e. The number of rotatable bonds is 7. The predicted octanol–water partition coefficient (Wildman–Crippen LogP) is 1.38. The summed E-state index contributed by atoms with van der Waals surface area (Å²) in [4.78, 5) is 11.5. The zero-order valence-electron chi connectivity index (χ0n) is 10.2. The Kier molecular flexibility index (Phi) is 7.15. The van der Waals surface area contributed by atoms with E-state index >= 15 is 0 Å². The average molecular weight is 286 g/mol. The molecular formula is C10H17F3N2O2S. The maximum atomic E-state index is 11.7. The van der Waals surface area contributed by atoms with Gasteiger partial charge in [0.25, 0.3) is 0 Å². The number of halogens is 3. The molecule has 4 nitrogen and oxygen atoms in total. The van der Waals surface area contributed by atoms with Gasteiger partial charge in [-0.05, 0) is 5.92 Å². The molecule has 0 aliphatic heterocycles. The standard InChI is InChI=1S/C10H17F3N2O2S/c1-6(2)8(9(14)18)15-7(16)3-4-17-5-10(11,12)13/h6,8H,3-5H2,1-2H3,(H2,14,18)(H,15,16). The van der Waals surface area contributed by atoms with Gasteiger partial charge in [-0.25, -0.2) is 0 Å². The molecule has 0 bridgehead atoms. The molecule has 0 rings (SSSR count). The van der Waals surface area contributed by atoms with Crippen molar-refractivity contribution in [1.29, 1.82) is 0 Å². The lowest BCUT2D eigenvalue weighted by atomic mass is 10.0. The van der Waals surface area contributed by atoms with Crippen LogP contribution in [0.4, 0.5) is 13.2 Å². The molecule has 0 spiro atoms. The maximum absolute atomic E-state index is 11.7. The Morgan fingerprint density at radius 2 is 2.00 bits per heavy atom. The molecule has 0 saturated carbocycles. The monoisotopic (exact) mass is 286 g/mol. The van der Waals surface area contributed by atoms with Crippen LogP contribution in [-0.2, 0) is 9.53 Å². The molecule has 0 aromatic carbocycles. The van der Waals surface area contributed by atoms with E-state index in [9.17, 15) is 18.0 Å². The second kappa shape index (κ2) is 7.52. The molecular weight excluding hydrogens is 269 g/mol. The number of thiocarbonyl (C=S) groups is 1. The van der Waals surface area contributed by atoms with Crippen molar-refractivity contribution in [2.45, 2.75) is 32.5 Å². The molecule has 0 aromatic rings. The first kappa shape index (κ1) is 17.1. The first-order valence-electron chi connectivity index (χ1n) is 5.36. The van der Waals surface area contributed by atoms with Gasteiger partial charge in [-0.1, -0.05) is 26.1 Å². The molecule has 0 radical (unpaired) electrons. The van der Waals surface area contributed by atoms with Crippen LogP contribution in [0.2, 0.25) is 0 Å². The van der Waals surface area contributed by atoms with Crippen LogP contribution in [0.15, 0.2) is 0 Å². The summed E-state index contributed by atoms with van der Waals surface area (Å²) in [7, 11) is 0. The van der Waals surface area contributed by atoms with Crippen LogP contribution in [0.5, 0.6) is 0 Å². The van der Waals surface area contributed by atoms with E-state index in [0.29, 0.717) is 0 Å². The molecule has 3 N–H and O–H groups in total. The quantitative estimate of drug-likeness (QED) is 0.548. The highest BCUT2D eigenvalue weighted by Crippen LogP contribution is 2.14. The van der Waals surface area contributed by atoms with E-state index in [-0.39, 0.29) is 23.9 Å². The summed E-state index contributed by atoms with van der Waals surface area (Å²) >= 11 is 4.78. The average Bonchev–Trinajstić information content (AvgIpc) is 2.18. The van der Waals surface area contributed by atoms with Crippen molar-refractivity contribution in [1.82, 2.24) is 5.32 Å². The van der Waals surface area contributed by atoms with Crippen LogP contribution >= 0.6 is 12.2 Å². The first-order chi connectivity index (χ1) is 8.13. The molecule has 1 atom stereocenters. The Bertz CT molecular complexity index is 295. The van der Waals surface area contributed by atoms with Crippen molar-refractivity contribution in [2.24, 2.45) is 11.7 Å². The smallest absolute Gasteiger partial charge is 0.392 e. The van der Waals surface area contributed by atoms with Gasteiger partial charge in [0.15, 0.2) is 0 Å². The molecule has 0 saturated heterocycles. The number of nitrogens with one attached hydrogen (secondary N) is 1. The number of amides is 1. The van der Waals surface area contributed by atoms with Gasteiger partial charge in [0.05, 0.1) is 17.6 Å². The lowest BCUT2D eigenvalue weighted by Gasteiger charge is -2.21. The number of ether oxygens (including phenoxy) is 1. The zero-order chi connectivity index (χ0) is 14.3. The highest BCUT2D eigenvalue weighted by atomic mass is 32.1. The van der Waals surface area contributed by atoms with E-state index < -0.39 is 24.7 Å². The van der Waals surface area contributed by atoms with Crippen LogP contribution in [0.1, 0.15) is 20.3 Å². The first-order valence-corrected chi connectivity index (χ1v) is 5.77. The fraction of sp³-hybridized carbons (Fsp3) is 0.800. The van der Waals surface area contributed by atoms with Crippen LogP contribution in [0, 0.1) is 5.92 Å². The van der Waals surface area contributed by atoms with Gasteiger partial charge in [-0.2, -0.15) is 13.2 Å². The molecule has 1 unspecified atom stereocenters. The van der Waals surface area contributed by atoms with Crippen molar-refractivity contribution in [3.63, 3.8) is 0 Å². The lowest BCUT2D eigenvalue weighted by molar-refractivity contribution is -0.174. The molecule has 106 valence electrons. The number of nitrogens with two attached hydrogens (primary N) is 1. The van der Waals surface area contributed by atoms with E-state index in [1.165, 1.54) is 0 Å². The summed E-state index contributed by atoms with van der Waals surface area (Å²) in [6, 6.07) is -0.463. The van der Waals surface area contributed by atoms with E-state index in [4.69, 9.17) is 18.0 Å². The van der Waals surface area contributed by atoms with Gasteiger partial charge >= 0.3 is 6.18 Å². The van der Waals surface area contributed by atoms with Crippen LogP contribution < -0.4 is 11.1 Å². The van der Waals surface area contributed by atoms with Crippen LogP contribution in [0.25, 0.3) is 0 Å². The fourth-order valence-electron chi connectivity index (χ4n) is 1.16. The summed E-state index contributed by atoms with van der Waals surface area (Å²) in [5, 5.41) is 2.55. The normalized spacial score (nSPS) is 13.4. The van der Waals surface area contributed by atoms with Crippen LogP contribution in [0.3, 0.4) is 0 Å². The molecule has 0 aliphatic carbocycles. The van der Waals surface area contributed by atoms with Gasteiger partial charge in [0.2, 0.25) is 5.91 Å². The third kappa shape index (κ3) is 8.24. The molecule has 1 amide bonds. The minimum absolute atomic E-state index is 0.0162. The summed E-state index contributed by atoms with van der Waals surface area (Å²) in [6.45, 7) is 1.99. The molecule has 0 aromatic heterocycles. The minimum Gasteiger partial charge on any atom is -0.392 e. The van der Waals surface area contributed by atoms with Crippen molar-refractivity contribution in [2.75, 3.05) is 13.2 Å². The number of hydrogen-bond acceptors (Lipinski definition) is 3. The molecule has 8 heteroatoms. The third-order valence-electron chi connectivity index (χ3n) is 2.03. The number of alkyl halides is 3. The zero-order valence-corrected chi connectivity index (χ0v) is 11.0. The van der Waals surface area contributed by atoms with Gasteiger partial charge in [0.1, 0.15) is 6.61 Å². The van der Waals surface area contributed by atoms with E-state index in [2.05, 4.69) is 10.1 Å². The Hall–Kier alpha value is -0.890. The number of hydrogen-bond donors (Lipinski definition) is 2. The summed E-state index contributed by atoms with van der Waals surface area (Å²) < 4.78 is 39.5. The Balaban J connectivity index is 3.93. The molecule has 18 heavy (non-hydrogen) atoms. The molecule has 0 aliphatic rings. The van der Waals surface area contributed by atoms with Gasteiger partial charge < -0.3 is 15.8 Å². The molecule has 0 fully saturated rings. The van der Waals surface area contributed by atoms with Crippen molar-refractivity contribution in [3.8, 4) is 0 Å². The Morgan fingerprint density at radius 3 is 2.39 bits per heavy atom. The third-order valence-corrected chi connectivity index (χ3v) is 2.28. The fourth-order valence-corrected chi connectivity index (χ4v) is 1.50. The highest BCUT2D eigenvalue weighted by molar-refractivity contribution is 7.80. The van der Waals surface area contributed by atoms with Crippen molar-refractivity contribution >= 4 is 23.1 Å². The molecule has 0 heterocycles. The Labute approximate surface area is 109 Å². The Morgan fingerprint density at radius 1 is 1.44 bits per heavy atom. The van der Waals surface area contributed by atoms with Crippen LogP contribution in [-0.4, -0.2) is 36.3 Å². The van der Waals surface area contributed by atoms with Gasteiger partial charge in [-0.3, -0.25) is 4.79 Å². The highest BCUT2D eigenvalue weighted by Gasteiger charge is 2.27. The second-order valence-electron chi connectivity index (χ2n) is 4.11. The van der Waals surface area contributed by atoms with Gasteiger partial charge in [-0.15, -0.1) is 0 Å². The topological polar surface area (TPSA) is 64.3 Å². The number of carbonyl (C=O) groups excluding carboxylic acids is 1. The maximum Gasteiger partial charge on any atom is 0.411 e. The number of carbonyl (C=O) groups is 1. The van der Waals surface area contributed by atoms with Crippen molar-refractivity contribution in [3.05, 3.63) is 0 Å². The van der Waals surface area contributed by atoms with E-state index in [1.807, 2.05) is 13.8 Å². The van der Waals surface area contributed by atoms with E-state index in [0.717, 1.165) is 0 Å². The van der Waals surface area contributed by atoms with Gasteiger partial charge in [0, 0.05) is 6.42 Å². The lowest BCUT2D eigenvalue weighted by Crippen LogP contribution is -2.47. The predicted molar refractivity (Wildman–Crippen MR) is 65.0 cm³/mol. The summed E-state index contributed by atoms with van der Waals surface area (Å²) in [6.07, 6.45) is -4.54. The SMILES string of the molecule is CC(C)C(NC(=O)CCOCC(F)(F)F)C(N)=S.